The van der Waals surface area contributed by atoms with E-state index in [0.717, 1.165) is 64.4 Å². The van der Waals surface area contributed by atoms with Crippen LogP contribution in [0.3, 0.4) is 0 Å². The van der Waals surface area contributed by atoms with Crippen molar-refractivity contribution in [2.45, 2.75) is 240 Å². The quantitative estimate of drug-likeness (QED) is 0.0413. The Labute approximate surface area is 320 Å². The van der Waals surface area contributed by atoms with Gasteiger partial charge in [0.15, 0.2) is 0 Å². The molecule has 0 bridgehead atoms. The van der Waals surface area contributed by atoms with Crippen molar-refractivity contribution < 1.29 is 19.7 Å². The third-order valence-electron chi connectivity index (χ3n) is 8.63. The van der Waals surface area contributed by atoms with Crippen LogP contribution in [0.15, 0.2) is 48.6 Å². The lowest BCUT2D eigenvalue weighted by Gasteiger charge is -2.08. The Balaban J connectivity index is -0.000000728. The first-order valence-electron chi connectivity index (χ1n) is 21.9. The van der Waals surface area contributed by atoms with Gasteiger partial charge in [-0.05, 0) is 71.6 Å². The lowest BCUT2D eigenvalue weighted by molar-refractivity contribution is -0.117. The van der Waals surface area contributed by atoms with Gasteiger partial charge in [-0.15, -0.1) is 0 Å². The van der Waals surface area contributed by atoms with Crippen molar-refractivity contribution in [3.8, 4) is 0 Å². The second kappa shape index (κ2) is 48.5. The molecule has 1 rings (SSSR count). The Hall–Kier alpha value is -1.49. The van der Waals surface area contributed by atoms with Crippen LogP contribution in [0.5, 0.6) is 0 Å². The molecule has 1 saturated heterocycles. The number of hydrogen-bond donors (Lipinski definition) is 2. The van der Waals surface area contributed by atoms with E-state index in [0.29, 0.717) is 12.5 Å². The van der Waals surface area contributed by atoms with E-state index in [1.54, 1.807) is 13.8 Å². The van der Waals surface area contributed by atoms with Crippen LogP contribution in [0.2, 0.25) is 0 Å². The van der Waals surface area contributed by atoms with Crippen LogP contribution < -0.4 is 0 Å². The van der Waals surface area contributed by atoms with Gasteiger partial charge in [-0.2, -0.15) is 0 Å². The number of unbranched alkanes of at least 4 members (excludes halogenated alkanes) is 16. The number of hydrogen-bond acceptors (Lipinski definition) is 4. The van der Waals surface area contributed by atoms with Gasteiger partial charge in [0.2, 0.25) is 0 Å². The number of carbonyl (C=O) groups is 1. The van der Waals surface area contributed by atoms with Gasteiger partial charge in [0.25, 0.3) is 0 Å². The molecular formula is C47H90O4. The number of aliphatic hydroxyl groups is 2. The zero-order valence-corrected chi connectivity index (χ0v) is 35.4. The van der Waals surface area contributed by atoms with E-state index in [9.17, 15) is 9.90 Å². The molecule has 0 aliphatic carbocycles. The number of rotatable bonds is 32. The molecule has 51 heavy (non-hydrogen) atoms. The van der Waals surface area contributed by atoms with Crippen LogP contribution in [0, 0.1) is 0 Å². The molecule has 0 aromatic rings. The fourth-order valence-corrected chi connectivity index (χ4v) is 5.49. The van der Waals surface area contributed by atoms with E-state index >= 15 is 0 Å². The second-order valence-electron chi connectivity index (χ2n) is 14.2. The summed E-state index contributed by atoms with van der Waals surface area (Å²) in [6, 6.07) is 0. The minimum atomic E-state index is -0.188. The highest BCUT2D eigenvalue weighted by Crippen LogP contribution is 2.15. The van der Waals surface area contributed by atoms with Gasteiger partial charge in [0.1, 0.15) is 5.78 Å². The maximum Gasteiger partial charge on any atom is 0.129 e. The summed E-state index contributed by atoms with van der Waals surface area (Å²) < 4.78 is 4.86. The Morgan fingerprint density at radius 1 is 0.588 bits per heavy atom. The van der Waals surface area contributed by atoms with Crippen LogP contribution >= 0.6 is 0 Å². The fourth-order valence-electron chi connectivity index (χ4n) is 5.49. The van der Waals surface area contributed by atoms with Crippen molar-refractivity contribution in [1.82, 2.24) is 0 Å². The molecule has 1 heterocycles. The zero-order valence-electron chi connectivity index (χ0n) is 35.4. The van der Waals surface area contributed by atoms with Crippen LogP contribution in [0.1, 0.15) is 222 Å². The highest BCUT2D eigenvalue weighted by Gasteiger charge is 2.23. The van der Waals surface area contributed by atoms with Crippen molar-refractivity contribution >= 4 is 5.78 Å². The average molecular weight is 719 g/mol. The van der Waals surface area contributed by atoms with Crippen LogP contribution in [-0.4, -0.2) is 40.9 Å². The smallest absolute Gasteiger partial charge is 0.129 e. The summed E-state index contributed by atoms with van der Waals surface area (Å²) >= 11 is 0. The lowest BCUT2D eigenvalue weighted by Crippen LogP contribution is -2.04. The summed E-state index contributed by atoms with van der Waals surface area (Å²) in [6.45, 7) is 15.0. The average Bonchev–Trinajstić information content (AvgIpc) is 3.93. The second-order valence-corrected chi connectivity index (χ2v) is 14.2. The fraction of sp³-hybridized carbons (Fsp3) is 0.809. The maximum absolute atomic E-state index is 10.8. The monoisotopic (exact) mass is 719 g/mol. The molecule has 0 aromatic carbocycles. The van der Waals surface area contributed by atoms with E-state index in [1.165, 1.54) is 109 Å². The van der Waals surface area contributed by atoms with E-state index in [1.807, 2.05) is 13.8 Å². The van der Waals surface area contributed by atoms with E-state index in [-0.39, 0.29) is 18.0 Å². The molecule has 1 fully saturated rings. The Kier molecular flexibility index (Phi) is 51.2. The van der Waals surface area contributed by atoms with Crippen molar-refractivity contribution in [1.29, 1.82) is 0 Å². The summed E-state index contributed by atoms with van der Waals surface area (Å²) in [6.07, 6.45) is 51.0. The molecule has 4 heteroatoms. The van der Waals surface area contributed by atoms with Crippen LogP contribution in [0.25, 0.3) is 0 Å². The standard InChI is InChI=1S/C21H34O.C19H40O.C5H10O2.C2H6/c1-3-4-5-6-7-8-9-10-11-12-13-14-15-16-17-18-19-20-21(2)22;1-3-5-6-7-8-9-10-11-12-13-14-15-16-18-19(20)17-4-2;1-4(6)2-5-3-7-5;1-2/h7-8,10-11,13-14,16-17H,3-6,9,12,15,18-20H2,1-2H3;19-20H,3-18H2,1-2H3;4-6H,2-3H2,1H3;1-2H3/b8-7-,11-10-,14-13-,17-16-;;;. The normalized spacial score (nSPS) is 15.0. The van der Waals surface area contributed by atoms with Crippen molar-refractivity contribution in [3.05, 3.63) is 48.6 Å². The molecule has 1 aliphatic heterocycles. The number of ether oxygens (including phenoxy) is 1. The van der Waals surface area contributed by atoms with Crippen molar-refractivity contribution in [3.63, 3.8) is 0 Å². The molecule has 4 nitrogen and oxygen atoms in total. The molecule has 302 valence electrons. The predicted molar refractivity (Wildman–Crippen MR) is 228 cm³/mol. The van der Waals surface area contributed by atoms with E-state index < -0.39 is 0 Å². The maximum atomic E-state index is 10.8. The van der Waals surface area contributed by atoms with Gasteiger partial charge < -0.3 is 19.7 Å². The van der Waals surface area contributed by atoms with Gasteiger partial charge in [0.05, 0.1) is 24.9 Å². The molecule has 0 saturated carbocycles. The summed E-state index contributed by atoms with van der Waals surface area (Å²) in [5.74, 6) is 0.288. The first-order valence-corrected chi connectivity index (χ1v) is 21.9. The Morgan fingerprint density at radius 2 is 0.980 bits per heavy atom. The number of epoxide rings is 1. The zero-order chi connectivity index (χ0) is 38.5. The van der Waals surface area contributed by atoms with Crippen molar-refractivity contribution in [2.24, 2.45) is 0 Å². The first kappa shape index (κ1) is 53.9. The molecule has 1 aliphatic rings. The van der Waals surface area contributed by atoms with Crippen LogP contribution in [0.4, 0.5) is 0 Å². The molecule has 2 N–H and O–H groups in total. The predicted octanol–water partition coefficient (Wildman–Crippen LogP) is 14.5. The van der Waals surface area contributed by atoms with E-state index in [4.69, 9.17) is 9.84 Å². The molecule has 0 radical (unpaired) electrons. The van der Waals surface area contributed by atoms with Gasteiger partial charge in [-0.3, -0.25) is 0 Å². The minimum absolute atomic E-state index is 0.0345. The molecule has 0 spiro atoms. The number of Topliss-reactive ketones (excluding diaryl/α,β-unsaturated/α-hetero) is 1. The SMILES string of the molecule is CC.CC(O)CC1CO1.CCCCC/C=C\C/C=C\C/C=C\C/C=C\CCCC(C)=O.CCCCCCCCCCCCCCCC(O)CCC. The van der Waals surface area contributed by atoms with Gasteiger partial charge >= 0.3 is 0 Å². The third kappa shape index (κ3) is 58.1. The topological polar surface area (TPSA) is 70.1 Å². The van der Waals surface area contributed by atoms with Gasteiger partial charge in [0, 0.05) is 12.8 Å². The largest absolute Gasteiger partial charge is 0.393 e. The summed E-state index contributed by atoms with van der Waals surface area (Å²) in [4.78, 5) is 10.8. The summed E-state index contributed by atoms with van der Waals surface area (Å²) in [7, 11) is 0. The Bertz CT molecular complexity index is 762. The lowest BCUT2D eigenvalue weighted by atomic mass is 10.0. The minimum Gasteiger partial charge on any atom is -0.393 e. The number of carbonyl (C=O) groups excluding carboxylic acids is 1. The number of ketones is 1. The summed E-state index contributed by atoms with van der Waals surface area (Å²) in [5.41, 5.74) is 0. The number of allylic oxidation sites excluding steroid dienone is 8. The van der Waals surface area contributed by atoms with Gasteiger partial charge in [-0.1, -0.05) is 186 Å². The van der Waals surface area contributed by atoms with Crippen molar-refractivity contribution in [2.75, 3.05) is 6.61 Å². The first-order chi connectivity index (χ1) is 24.9. The molecule has 0 amide bonds. The Morgan fingerprint density at radius 3 is 1.35 bits per heavy atom. The van der Waals surface area contributed by atoms with E-state index in [2.05, 4.69) is 69.4 Å². The summed E-state index contributed by atoms with van der Waals surface area (Å²) in [5, 5.41) is 18.3. The number of aliphatic hydroxyl groups excluding tert-OH is 2. The molecule has 0 aromatic heterocycles. The van der Waals surface area contributed by atoms with Crippen LogP contribution in [-0.2, 0) is 9.53 Å². The third-order valence-corrected chi connectivity index (χ3v) is 8.63. The van der Waals surface area contributed by atoms with Gasteiger partial charge in [-0.25, -0.2) is 0 Å². The molecule has 3 atom stereocenters. The molecular weight excluding hydrogens is 629 g/mol. The highest BCUT2D eigenvalue weighted by atomic mass is 16.6. The highest BCUT2D eigenvalue weighted by molar-refractivity contribution is 5.75. The molecule has 3 unspecified atom stereocenters.